The monoisotopic (exact) mass is 838 g/mol. The van der Waals surface area contributed by atoms with E-state index in [1.807, 2.05) is 97.1 Å². The van der Waals surface area contributed by atoms with Crippen molar-refractivity contribution < 1.29 is 0 Å². The Labute approximate surface area is 378 Å². The molecular weight excluding hydrogens is 809 g/mol. The molecule has 0 fully saturated rings. The molecule has 8 nitrogen and oxygen atoms in total. The van der Waals surface area contributed by atoms with Crippen LogP contribution in [-0.2, 0) is 0 Å². The van der Waals surface area contributed by atoms with E-state index in [1.165, 1.54) is 0 Å². The molecule has 11 aromatic rings. The van der Waals surface area contributed by atoms with E-state index in [2.05, 4.69) is 88.0 Å². The molecule has 0 amide bonds. The number of hydrogen-bond acceptors (Lipinski definition) is 6. The van der Waals surface area contributed by atoms with Crippen LogP contribution in [0.2, 0.25) is 0 Å². The van der Waals surface area contributed by atoms with Crippen LogP contribution in [0.5, 0.6) is 0 Å². The summed E-state index contributed by atoms with van der Waals surface area (Å²) in [7, 11) is 0. The molecular formula is C58H30N8. The lowest BCUT2D eigenvalue weighted by atomic mass is 9.98. The quantitative estimate of drug-likeness (QED) is 0.163. The van der Waals surface area contributed by atoms with Crippen molar-refractivity contribution in [2.75, 3.05) is 0 Å². The van der Waals surface area contributed by atoms with Gasteiger partial charge in [0, 0.05) is 32.7 Å². The first-order valence-electron chi connectivity index (χ1n) is 21.1. The highest BCUT2D eigenvalue weighted by Gasteiger charge is 2.25. The first kappa shape index (κ1) is 38.9. The molecule has 66 heavy (non-hydrogen) atoms. The predicted molar refractivity (Wildman–Crippen MR) is 258 cm³/mol. The molecule has 0 aliphatic carbocycles. The highest BCUT2D eigenvalue weighted by Crippen LogP contribution is 2.44. The molecule has 8 aromatic carbocycles. The molecule has 0 N–H and O–H groups in total. The maximum Gasteiger partial charge on any atom is 0.0993 e. The third kappa shape index (κ3) is 6.38. The van der Waals surface area contributed by atoms with Gasteiger partial charge in [-0.3, -0.25) is 0 Å². The van der Waals surface area contributed by atoms with Crippen molar-refractivity contribution in [2.24, 2.45) is 0 Å². The third-order valence-electron chi connectivity index (χ3n) is 12.2. The predicted octanol–water partition coefficient (Wildman–Crippen LogP) is 13.3. The number of nitrogens with zero attached hydrogens (tertiary/aromatic N) is 8. The number of pyridine rings is 1. The maximum absolute atomic E-state index is 10.9. The Morgan fingerprint density at radius 2 is 0.712 bits per heavy atom. The number of fused-ring (bicyclic) bond motifs is 6. The zero-order valence-corrected chi connectivity index (χ0v) is 34.9. The zero-order chi connectivity index (χ0) is 44.9. The minimum absolute atomic E-state index is 0.407. The van der Waals surface area contributed by atoms with Crippen molar-refractivity contribution in [3.63, 3.8) is 0 Å². The summed E-state index contributed by atoms with van der Waals surface area (Å²) >= 11 is 0. The Morgan fingerprint density at radius 1 is 0.303 bits per heavy atom. The normalized spacial score (nSPS) is 11.0. The lowest BCUT2D eigenvalue weighted by Crippen LogP contribution is -2.06. The standard InChI is InChI=1S/C58H30N8/c59-31-36-21-37(32-60)24-44(23-36)42-17-19-54-48(29-42)46-11-4-6-15-52(46)65(54)56-27-40(35-63)28-57(58(56)51-14-8-13-50(64-51)41-9-2-1-3-10-41)66-53-16-7-5-12-47(53)49-30-43(18-20-55(49)66)45-25-38(33-61)22-39(26-45)34-62/h1-30H. The highest BCUT2D eigenvalue weighted by atomic mass is 15.0. The van der Waals surface area contributed by atoms with Gasteiger partial charge in [0.2, 0.25) is 0 Å². The van der Waals surface area contributed by atoms with Crippen molar-refractivity contribution in [3.05, 3.63) is 210 Å². The van der Waals surface area contributed by atoms with Gasteiger partial charge in [-0.25, -0.2) is 4.98 Å². The van der Waals surface area contributed by atoms with Gasteiger partial charge in [0.05, 0.1) is 103 Å². The van der Waals surface area contributed by atoms with Gasteiger partial charge in [-0.05, 0) is 119 Å². The molecule has 3 heterocycles. The summed E-state index contributed by atoms with van der Waals surface area (Å²) in [6.07, 6.45) is 0. The van der Waals surface area contributed by atoms with Gasteiger partial charge in [0.1, 0.15) is 0 Å². The number of rotatable bonds is 6. The van der Waals surface area contributed by atoms with Crippen molar-refractivity contribution in [1.29, 1.82) is 26.3 Å². The second kappa shape index (κ2) is 15.7. The molecule has 0 aliphatic rings. The average Bonchev–Trinajstić information content (AvgIpc) is 3.90. The Kier molecular flexibility index (Phi) is 9.24. The smallest absolute Gasteiger partial charge is 0.0993 e. The van der Waals surface area contributed by atoms with Crippen LogP contribution in [-0.4, -0.2) is 14.1 Å². The fraction of sp³-hybridized carbons (Fsp3) is 0. The van der Waals surface area contributed by atoms with E-state index in [0.29, 0.717) is 33.5 Å². The molecule has 0 saturated heterocycles. The number of aromatic nitrogens is 3. The van der Waals surface area contributed by atoms with Crippen LogP contribution in [0.1, 0.15) is 27.8 Å². The Hall–Kier alpha value is -10.0. The molecule has 3 aromatic heterocycles. The van der Waals surface area contributed by atoms with Gasteiger partial charge < -0.3 is 9.13 Å². The lowest BCUT2D eigenvalue weighted by molar-refractivity contribution is 1.12. The molecule has 0 unspecified atom stereocenters. The van der Waals surface area contributed by atoms with Crippen molar-refractivity contribution in [1.82, 2.24) is 14.1 Å². The van der Waals surface area contributed by atoms with Crippen LogP contribution < -0.4 is 0 Å². The minimum atomic E-state index is 0.407. The molecule has 0 bridgehead atoms. The average molecular weight is 839 g/mol. The number of hydrogen-bond donors (Lipinski definition) is 0. The summed E-state index contributed by atoms with van der Waals surface area (Å²) in [5, 5.41) is 54.0. The highest BCUT2D eigenvalue weighted by molar-refractivity contribution is 6.13. The van der Waals surface area contributed by atoms with E-state index in [9.17, 15) is 26.3 Å². The van der Waals surface area contributed by atoms with Crippen LogP contribution in [0.3, 0.4) is 0 Å². The number of benzene rings is 8. The van der Waals surface area contributed by atoms with E-state index in [1.54, 1.807) is 36.4 Å². The van der Waals surface area contributed by atoms with Gasteiger partial charge in [0.25, 0.3) is 0 Å². The minimum Gasteiger partial charge on any atom is -0.308 e. The van der Waals surface area contributed by atoms with E-state index in [4.69, 9.17) is 4.98 Å². The van der Waals surface area contributed by atoms with E-state index in [0.717, 1.165) is 94.1 Å². The Balaban J connectivity index is 1.24. The summed E-state index contributed by atoms with van der Waals surface area (Å²) in [4.78, 5) is 5.39. The maximum atomic E-state index is 10.9. The third-order valence-corrected chi connectivity index (χ3v) is 12.2. The van der Waals surface area contributed by atoms with E-state index in [-0.39, 0.29) is 0 Å². The van der Waals surface area contributed by atoms with Crippen molar-refractivity contribution in [2.45, 2.75) is 0 Å². The van der Waals surface area contributed by atoms with Crippen LogP contribution in [0.15, 0.2) is 182 Å². The largest absolute Gasteiger partial charge is 0.308 e. The number of para-hydroxylation sites is 2. The summed E-state index contributed by atoms with van der Waals surface area (Å²) in [6, 6.07) is 70.3. The van der Waals surface area contributed by atoms with Gasteiger partial charge in [-0.2, -0.15) is 26.3 Å². The summed E-state index contributed by atoms with van der Waals surface area (Å²) in [5.41, 5.74) is 13.7. The SMILES string of the molecule is N#Cc1cc(C#N)cc(-c2ccc3c(c2)c2ccccc2n3-c2cc(C#N)cc(-n3c4ccccc4c4cc(-c5cc(C#N)cc(C#N)c5)ccc43)c2-c2cccc(-c3ccccc3)n2)c1. The Morgan fingerprint density at radius 3 is 1.18 bits per heavy atom. The van der Waals surface area contributed by atoms with Crippen LogP contribution in [0.4, 0.5) is 0 Å². The molecule has 0 radical (unpaired) electrons. The topological polar surface area (TPSA) is 142 Å². The van der Waals surface area contributed by atoms with Crippen LogP contribution in [0.25, 0.3) is 99.8 Å². The van der Waals surface area contributed by atoms with Gasteiger partial charge >= 0.3 is 0 Å². The lowest BCUT2D eigenvalue weighted by Gasteiger charge is -2.21. The summed E-state index contributed by atoms with van der Waals surface area (Å²) in [6.45, 7) is 0. The summed E-state index contributed by atoms with van der Waals surface area (Å²) < 4.78 is 4.41. The molecule has 11 rings (SSSR count). The molecule has 0 saturated carbocycles. The second-order valence-electron chi connectivity index (χ2n) is 16.0. The van der Waals surface area contributed by atoms with Gasteiger partial charge in [0.15, 0.2) is 0 Å². The van der Waals surface area contributed by atoms with Gasteiger partial charge in [-0.15, -0.1) is 0 Å². The van der Waals surface area contributed by atoms with Crippen molar-refractivity contribution in [3.8, 4) is 86.5 Å². The second-order valence-corrected chi connectivity index (χ2v) is 16.0. The zero-order valence-electron chi connectivity index (χ0n) is 34.9. The Bertz CT molecular complexity index is 3780. The molecule has 0 aliphatic heterocycles. The molecule has 302 valence electrons. The fourth-order valence-corrected chi connectivity index (χ4v) is 9.31. The van der Waals surface area contributed by atoms with E-state index >= 15 is 0 Å². The molecule has 0 atom stereocenters. The molecule has 8 heteroatoms. The van der Waals surface area contributed by atoms with Crippen LogP contribution >= 0.6 is 0 Å². The van der Waals surface area contributed by atoms with Gasteiger partial charge in [-0.1, -0.05) is 84.9 Å². The van der Waals surface area contributed by atoms with Crippen molar-refractivity contribution >= 4 is 43.6 Å². The first-order chi connectivity index (χ1) is 32.5. The first-order valence-corrected chi connectivity index (χ1v) is 21.1. The summed E-state index contributed by atoms with van der Waals surface area (Å²) in [5.74, 6) is 0. The van der Waals surface area contributed by atoms with Crippen LogP contribution in [0, 0.1) is 56.7 Å². The van der Waals surface area contributed by atoms with E-state index < -0.39 is 0 Å². The number of nitriles is 5. The molecule has 0 spiro atoms. The fourth-order valence-electron chi connectivity index (χ4n) is 9.31.